The Bertz CT molecular complexity index is 148. The average Bonchev–Trinajstić information content (AvgIpc) is 2.34. The molecule has 19 heavy (non-hydrogen) atoms. The van der Waals surface area contributed by atoms with Gasteiger partial charge in [0.05, 0.1) is 0 Å². The Hall–Kier alpha value is 0.250. The summed E-state index contributed by atoms with van der Waals surface area (Å²) in [6.07, 6.45) is 17.3. The van der Waals surface area contributed by atoms with Crippen molar-refractivity contribution >= 4 is 12.4 Å². The Morgan fingerprint density at radius 2 is 1.00 bits per heavy atom. The van der Waals surface area contributed by atoms with Gasteiger partial charge in [-0.15, -0.1) is 12.4 Å². The van der Waals surface area contributed by atoms with Crippen molar-refractivity contribution in [3.8, 4) is 0 Å². The van der Waals surface area contributed by atoms with Crippen LogP contribution in [0.25, 0.3) is 0 Å². The first kappa shape index (κ1) is 21.5. The SMILES string of the molecule is CCCCCCCCCCCCCCNC(C)C.Cl. The molecule has 0 aromatic rings. The second kappa shape index (κ2) is 18.2. The van der Waals surface area contributed by atoms with E-state index in [1.807, 2.05) is 0 Å². The van der Waals surface area contributed by atoms with Gasteiger partial charge in [-0.05, 0) is 13.0 Å². The van der Waals surface area contributed by atoms with E-state index < -0.39 is 0 Å². The van der Waals surface area contributed by atoms with E-state index in [1.54, 1.807) is 0 Å². The first-order chi connectivity index (χ1) is 8.77. The molecule has 0 heterocycles. The van der Waals surface area contributed by atoms with Crippen molar-refractivity contribution in [2.75, 3.05) is 6.54 Å². The topological polar surface area (TPSA) is 12.0 Å². The standard InChI is InChI=1S/C17H37N.ClH/c1-4-5-6-7-8-9-10-11-12-13-14-15-16-18-17(2)3;/h17-18H,4-16H2,1-3H3;1H. The molecule has 0 aromatic carbocycles. The van der Waals surface area contributed by atoms with Gasteiger partial charge in [-0.1, -0.05) is 91.4 Å². The fourth-order valence-corrected chi connectivity index (χ4v) is 2.36. The van der Waals surface area contributed by atoms with E-state index >= 15 is 0 Å². The van der Waals surface area contributed by atoms with Crippen molar-refractivity contribution in [1.29, 1.82) is 0 Å². The van der Waals surface area contributed by atoms with Crippen LogP contribution in [-0.2, 0) is 0 Å². The summed E-state index contributed by atoms with van der Waals surface area (Å²) >= 11 is 0. The molecule has 0 fully saturated rings. The predicted octanol–water partition coefficient (Wildman–Crippen LogP) is 6.11. The Balaban J connectivity index is 0. The van der Waals surface area contributed by atoms with Crippen molar-refractivity contribution in [2.45, 2.75) is 104 Å². The van der Waals surface area contributed by atoms with Crippen molar-refractivity contribution in [3.63, 3.8) is 0 Å². The highest BCUT2D eigenvalue weighted by Gasteiger charge is 1.94. The van der Waals surface area contributed by atoms with Gasteiger partial charge in [0.1, 0.15) is 0 Å². The summed E-state index contributed by atoms with van der Waals surface area (Å²) in [5.74, 6) is 0. The maximum atomic E-state index is 3.48. The number of rotatable bonds is 14. The summed E-state index contributed by atoms with van der Waals surface area (Å²) in [5.41, 5.74) is 0. The Morgan fingerprint density at radius 1 is 0.632 bits per heavy atom. The highest BCUT2D eigenvalue weighted by atomic mass is 35.5. The summed E-state index contributed by atoms with van der Waals surface area (Å²) in [6, 6.07) is 0.651. The van der Waals surface area contributed by atoms with E-state index in [9.17, 15) is 0 Å². The van der Waals surface area contributed by atoms with Crippen molar-refractivity contribution < 1.29 is 0 Å². The molecule has 0 bridgehead atoms. The summed E-state index contributed by atoms with van der Waals surface area (Å²) in [6.45, 7) is 7.94. The zero-order valence-corrected chi connectivity index (χ0v) is 14.5. The number of halogens is 1. The van der Waals surface area contributed by atoms with Gasteiger partial charge in [-0.25, -0.2) is 0 Å². The van der Waals surface area contributed by atoms with E-state index in [-0.39, 0.29) is 12.4 Å². The minimum absolute atomic E-state index is 0. The molecule has 2 heteroatoms. The number of hydrogen-bond donors (Lipinski definition) is 1. The molecule has 0 unspecified atom stereocenters. The third-order valence-electron chi connectivity index (χ3n) is 3.58. The highest BCUT2D eigenvalue weighted by molar-refractivity contribution is 5.85. The fourth-order valence-electron chi connectivity index (χ4n) is 2.36. The lowest BCUT2D eigenvalue weighted by Gasteiger charge is -2.07. The minimum atomic E-state index is 0. The van der Waals surface area contributed by atoms with Gasteiger partial charge in [0.25, 0.3) is 0 Å². The van der Waals surface area contributed by atoms with Crippen LogP contribution in [0.5, 0.6) is 0 Å². The summed E-state index contributed by atoms with van der Waals surface area (Å²) in [5, 5.41) is 3.48. The molecule has 1 N–H and O–H groups in total. The molecule has 0 atom stereocenters. The molecule has 0 aliphatic heterocycles. The third-order valence-corrected chi connectivity index (χ3v) is 3.58. The predicted molar refractivity (Wildman–Crippen MR) is 91.5 cm³/mol. The fraction of sp³-hybridized carbons (Fsp3) is 1.00. The molecule has 0 saturated heterocycles. The molecule has 0 spiro atoms. The second-order valence-electron chi connectivity index (χ2n) is 6.00. The number of unbranched alkanes of at least 4 members (excludes halogenated alkanes) is 11. The Labute approximate surface area is 128 Å². The molecule has 0 saturated carbocycles. The first-order valence-corrected chi connectivity index (χ1v) is 8.50. The van der Waals surface area contributed by atoms with Crippen LogP contribution in [0.1, 0.15) is 97.8 Å². The van der Waals surface area contributed by atoms with Crippen molar-refractivity contribution in [2.24, 2.45) is 0 Å². The van der Waals surface area contributed by atoms with Gasteiger partial charge in [0.15, 0.2) is 0 Å². The zero-order chi connectivity index (χ0) is 13.5. The number of hydrogen-bond acceptors (Lipinski definition) is 1. The van der Waals surface area contributed by atoms with Gasteiger partial charge in [0.2, 0.25) is 0 Å². The zero-order valence-electron chi connectivity index (χ0n) is 13.7. The second-order valence-corrected chi connectivity index (χ2v) is 6.00. The first-order valence-electron chi connectivity index (χ1n) is 8.50. The summed E-state index contributed by atoms with van der Waals surface area (Å²) in [4.78, 5) is 0. The highest BCUT2D eigenvalue weighted by Crippen LogP contribution is 2.11. The minimum Gasteiger partial charge on any atom is -0.315 e. The maximum absolute atomic E-state index is 3.48. The molecule has 1 nitrogen and oxygen atoms in total. The van der Waals surface area contributed by atoms with E-state index in [0.717, 1.165) is 0 Å². The lowest BCUT2D eigenvalue weighted by Crippen LogP contribution is -2.23. The van der Waals surface area contributed by atoms with Crippen LogP contribution in [0, 0.1) is 0 Å². The Kier molecular flexibility index (Phi) is 20.7. The maximum Gasteiger partial charge on any atom is 0.00103 e. The van der Waals surface area contributed by atoms with E-state index in [0.29, 0.717) is 6.04 Å². The van der Waals surface area contributed by atoms with E-state index in [2.05, 4.69) is 26.1 Å². The lowest BCUT2D eigenvalue weighted by atomic mass is 10.1. The van der Waals surface area contributed by atoms with Crippen LogP contribution < -0.4 is 5.32 Å². The van der Waals surface area contributed by atoms with E-state index in [1.165, 1.54) is 83.6 Å². The third kappa shape index (κ3) is 20.7. The molecular formula is C17H38ClN. The molecule has 0 aromatic heterocycles. The molecule has 118 valence electrons. The smallest absolute Gasteiger partial charge is 0.00103 e. The summed E-state index contributed by atoms with van der Waals surface area (Å²) in [7, 11) is 0. The quantitative estimate of drug-likeness (QED) is 0.381. The van der Waals surface area contributed by atoms with Gasteiger partial charge in [-0.3, -0.25) is 0 Å². The largest absolute Gasteiger partial charge is 0.315 e. The van der Waals surface area contributed by atoms with Crippen LogP contribution in [-0.4, -0.2) is 12.6 Å². The van der Waals surface area contributed by atoms with Crippen molar-refractivity contribution in [1.82, 2.24) is 5.32 Å². The number of nitrogens with one attached hydrogen (secondary N) is 1. The monoisotopic (exact) mass is 291 g/mol. The Morgan fingerprint density at radius 3 is 1.37 bits per heavy atom. The lowest BCUT2D eigenvalue weighted by molar-refractivity contribution is 0.520. The van der Waals surface area contributed by atoms with Gasteiger partial charge >= 0.3 is 0 Å². The van der Waals surface area contributed by atoms with E-state index in [4.69, 9.17) is 0 Å². The van der Waals surface area contributed by atoms with Gasteiger partial charge in [-0.2, -0.15) is 0 Å². The van der Waals surface area contributed by atoms with Crippen LogP contribution in [0.2, 0.25) is 0 Å². The molecule has 0 aliphatic carbocycles. The summed E-state index contributed by atoms with van der Waals surface area (Å²) < 4.78 is 0. The van der Waals surface area contributed by atoms with Crippen LogP contribution in [0.3, 0.4) is 0 Å². The normalized spacial score (nSPS) is 10.7. The molecule has 0 rings (SSSR count). The molecular weight excluding hydrogens is 254 g/mol. The molecule has 0 radical (unpaired) electrons. The molecule has 0 aliphatic rings. The van der Waals surface area contributed by atoms with Crippen LogP contribution in [0.4, 0.5) is 0 Å². The van der Waals surface area contributed by atoms with Gasteiger partial charge < -0.3 is 5.32 Å². The van der Waals surface area contributed by atoms with Gasteiger partial charge in [0, 0.05) is 6.04 Å². The average molecular weight is 292 g/mol. The molecule has 0 amide bonds. The van der Waals surface area contributed by atoms with Crippen molar-refractivity contribution in [3.05, 3.63) is 0 Å². The van der Waals surface area contributed by atoms with Crippen LogP contribution in [0.15, 0.2) is 0 Å². The van der Waals surface area contributed by atoms with Crippen LogP contribution >= 0.6 is 12.4 Å².